The second kappa shape index (κ2) is 10.2. The summed E-state index contributed by atoms with van der Waals surface area (Å²) in [6, 6.07) is -0.816. The van der Waals surface area contributed by atoms with Gasteiger partial charge >= 0.3 is 5.97 Å². The Morgan fingerprint density at radius 2 is 1.75 bits per heavy atom. The fourth-order valence-electron chi connectivity index (χ4n) is 0.0781. The summed E-state index contributed by atoms with van der Waals surface area (Å²) in [5, 5.41) is 15.4. The number of hydrogen-bond donors (Lipinski definition) is 5. The highest BCUT2D eigenvalue weighted by Crippen LogP contribution is 1.80. The van der Waals surface area contributed by atoms with Crippen LogP contribution in [0.15, 0.2) is 0 Å². The molecule has 7 heteroatoms. The number of rotatable bonds is 2. The smallest absolute Gasteiger partial charge is 0.321 e. The van der Waals surface area contributed by atoms with Gasteiger partial charge in [0.05, 0.1) is 0 Å². The van der Waals surface area contributed by atoms with Crippen LogP contribution in [0.1, 0.15) is 6.92 Å². The first-order valence-electron chi connectivity index (χ1n) is 2.70. The van der Waals surface area contributed by atoms with E-state index in [0.717, 1.165) is 6.92 Å². The molecule has 12 heavy (non-hydrogen) atoms. The topological polar surface area (TPSA) is 136 Å². The summed E-state index contributed by atoms with van der Waals surface area (Å²) >= 11 is 3.65. The molecule has 0 aliphatic rings. The zero-order valence-electron chi connectivity index (χ0n) is 6.73. The van der Waals surface area contributed by atoms with Crippen molar-refractivity contribution in [1.29, 1.82) is 0 Å². The Morgan fingerprint density at radius 3 is 1.75 bits per heavy atom. The number of nitrogens with two attached hydrogens (primary N) is 1. The average Bonchev–Trinajstić information content (AvgIpc) is 1.85. The maximum Gasteiger partial charge on any atom is 0.321 e. The standard InChI is InChI=1S/C3H7NO2S.C2H4O2.H3N/c4-2(1-7)3(5)6;1-2(3)4;/h2,7H,1,4H2,(H,5,6);1H3,(H,3,4);1H3. The molecule has 0 heterocycles. The van der Waals surface area contributed by atoms with Crippen molar-refractivity contribution >= 4 is 24.6 Å². The second-order valence-corrected chi connectivity index (χ2v) is 2.01. The Labute approximate surface area is 75.7 Å². The molecule has 0 bridgehead atoms. The van der Waals surface area contributed by atoms with E-state index in [0.29, 0.717) is 0 Å². The van der Waals surface area contributed by atoms with Crippen LogP contribution in [0.5, 0.6) is 0 Å². The molecule has 0 aliphatic heterocycles. The van der Waals surface area contributed by atoms with E-state index in [2.05, 4.69) is 12.6 Å². The van der Waals surface area contributed by atoms with Crippen molar-refractivity contribution in [2.24, 2.45) is 5.73 Å². The van der Waals surface area contributed by atoms with E-state index in [9.17, 15) is 4.79 Å². The second-order valence-electron chi connectivity index (χ2n) is 1.65. The fraction of sp³-hybridized carbons (Fsp3) is 0.600. The lowest BCUT2D eigenvalue weighted by Gasteiger charge is -1.96. The molecule has 74 valence electrons. The van der Waals surface area contributed by atoms with Crippen molar-refractivity contribution in [2.45, 2.75) is 13.0 Å². The van der Waals surface area contributed by atoms with Gasteiger partial charge in [-0.25, -0.2) is 0 Å². The third-order valence-corrected chi connectivity index (χ3v) is 0.907. The van der Waals surface area contributed by atoms with Crippen LogP contribution in [0.3, 0.4) is 0 Å². The van der Waals surface area contributed by atoms with Gasteiger partial charge in [-0.05, 0) is 0 Å². The Balaban J connectivity index is -0.000000142. The first kappa shape index (κ1) is 17.3. The van der Waals surface area contributed by atoms with E-state index in [1.165, 1.54) is 0 Å². The van der Waals surface area contributed by atoms with Gasteiger partial charge in [0, 0.05) is 12.7 Å². The van der Waals surface area contributed by atoms with Gasteiger partial charge in [0.25, 0.3) is 5.97 Å². The van der Waals surface area contributed by atoms with E-state index in [1.54, 1.807) is 0 Å². The highest BCUT2D eigenvalue weighted by Gasteiger charge is 2.06. The molecule has 0 fully saturated rings. The molecule has 0 aliphatic carbocycles. The maximum absolute atomic E-state index is 9.76. The predicted molar refractivity (Wildman–Crippen MR) is 47.8 cm³/mol. The van der Waals surface area contributed by atoms with Gasteiger partial charge < -0.3 is 22.1 Å². The van der Waals surface area contributed by atoms with E-state index in [4.69, 9.17) is 20.7 Å². The molecule has 0 radical (unpaired) electrons. The summed E-state index contributed by atoms with van der Waals surface area (Å²) < 4.78 is 0. The van der Waals surface area contributed by atoms with E-state index >= 15 is 0 Å². The molecule has 0 aromatic heterocycles. The first-order valence-corrected chi connectivity index (χ1v) is 3.33. The Hall–Kier alpha value is -0.790. The molecule has 1 unspecified atom stereocenters. The van der Waals surface area contributed by atoms with Crippen LogP contribution in [-0.4, -0.2) is 33.9 Å². The molecule has 0 spiro atoms. The van der Waals surface area contributed by atoms with E-state index in [-0.39, 0.29) is 11.9 Å². The summed E-state index contributed by atoms with van der Waals surface area (Å²) in [5.41, 5.74) is 4.94. The molecule has 0 aromatic rings. The summed E-state index contributed by atoms with van der Waals surface area (Å²) in [7, 11) is 0. The van der Waals surface area contributed by atoms with Gasteiger partial charge in [-0.1, -0.05) is 0 Å². The van der Waals surface area contributed by atoms with Crippen molar-refractivity contribution in [3.05, 3.63) is 0 Å². The third kappa shape index (κ3) is 22.9. The van der Waals surface area contributed by atoms with Gasteiger partial charge in [-0.2, -0.15) is 12.6 Å². The van der Waals surface area contributed by atoms with Crippen molar-refractivity contribution in [3.8, 4) is 0 Å². The number of aliphatic carboxylic acids is 2. The Morgan fingerprint density at radius 1 is 1.50 bits per heavy atom. The summed E-state index contributed by atoms with van der Waals surface area (Å²) in [6.45, 7) is 1.08. The minimum Gasteiger partial charge on any atom is -0.481 e. The minimum absolute atomic E-state index is 0. The number of hydrogen-bond acceptors (Lipinski definition) is 5. The van der Waals surface area contributed by atoms with Gasteiger partial charge in [0.2, 0.25) is 0 Å². The largest absolute Gasteiger partial charge is 0.481 e. The fourth-order valence-corrected chi connectivity index (χ4v) is 0.234. The summed E-state index contributed by atoms with van der Waals surface area (Å²) in [4.78, 5) is 18.8. The number of carboxylic acid groups (broad SMARTS) is 2. The van der Waals surface area contributed by atoms with Crippen LogP contribution in [0.25, 0.3) is 0 Å². The minimum atomic E-state index is -1.00. The normalized spacial score (nSPS) is 9.92. The Bertz CT molecular complexity index is 137. The molecule has 6 nitrogen and oxygen atoms in total. The number of carboxylic acids is 2. The van der Waals surface area contributed by atoms with Crippen LogP contribution in [0.4, 0.5) is 0 Å². The maximum atomic E-state index is 9.76. The molecule has 0 amide bonds. The monoisotopic (exact) mass is 198 g/mol. The molecule has 0 rings (SSSR count). The third-order valence-electron chi connectivity index (χ3n) is 0.514. The Kier molecular flexibility index (Phi) is 14.8. The molecule has 0 saturated heterocycles. The lowest BCUT2D eigenvalue weighted by molar-refractivity contribution is -0.138. The zero-order valence-corrected chi connectivity index (χ0v) is 7.62. The van der Waals surface area contributed by atoms with E-state index < -0.39 is 18.0 Å². The van der Waals surface area contributed by atoms with Gasteiger partial charge in [-0.3, -0.25) is 9.59 Å². The molecule has 1 atom stereocenters. The predicted octanol–water partition coefficient (Wildman–Crippen LogP) is -0.419. The van der Waals surface area contributed by atoms with Crippen LogP contribution in [-0.2, 0) is 9.59 Å². The van der Waals surface area contributed by atoms with Gasteiger partial charge in [-0.15, -0.1) is 0 Å². The molecule has 7 N–H and O–H groups in total. The average molecular weight is 198 g/mol. The molecular weight excluding hydrogens is 184 g/mol. The van der Waals surface area contributed by atoms with Crippen molar-refractivity contribution < 1.29 is 19.8 Å². The van der Waals surface area contributed by atoms with Crippen LogP contribution >= 0.6 is 12.6 Å². The van der Waals surface area contributed by atoms with E-state index in [1.807, 2.05) is 0 Å². The molecular formula is C5H14N2O4S. The SMILES string of the molecule is CC(=O)O.N.NC(CS)C(=O)O. The van der Waals surface area contributed by atoms with Crippen molar-refractivity contribution in [2.75, 3.05) is 5.75 Å². The van der Waals surface area contributed by atoms with Crippen LogP contribution in [0, 0.1) is 0 Å². The lowest BCUT2D eigenvalue weighted by atomic mass is 10.4. The number of thiol groups is 1. The van der Waals surface area contributed by atoms with Crippen molar-refractivity contribution in [1.82, 2.24) is 6.15 Å². The number of carbonyl (C=O) groups is 2. The first-order chi connectivity index (χ1) is 4.91. The zero-order chi connectivity index (χ0) is 9.44. The highest BCUT2D eigenvalue weighted by molar-refractivity contribution is 7.80. The van der Waals surface area contributed by atoms with Crippen LogP contribution in [0.2, 0.25) is 0 Å². The molecule has 0 aromatic carbocycles. The quantitative estimate of drug-likeness (QED) is 0.382. The van der Waals surface area contributed by atoms with Gasteiger partial charge in [0.1, 0.15) is 6.04 Å². The van der Waals surface area contributed by atoms with Crippen molar-refractivity contribution in [3.63, 3.8) is 0 Å². The summed E-state index contributed by atoms with van der Waals surface area (Å²) in [5.74, 6) is -1.65. The molecule has 0 saturated carbocycles. The highest BCUT2D eigenvalue weighted by atomic mass is 32.1. The lowest BCUT2D eigenvalue weighted by Crippen LogP contribution is -2.31. The van der Waals surface area contributed by atoms with Gasteiger partial charge in [0.15, 0.2) is 0 Å². The van der Waals surface area contributed by atoms with Crippen LogP contribution < -0.4 is 11.9 Å². The summed E-state index contributed by atoms with van der Waals surface area (Å²) in [6.07, 6.45) is 0.